The quantitative estimate of drug-likeness (QED) is 0.782. The van der Waals surface area contributed by atoms with Crippen LogP contribution in [0, 0.1) is 13.8 Å². The second-order valence-corrected chi connectivity index (χ2v) is 6.90. The van der Waals surface area contributed by atoms with Crippen LogP contribution in [0.2, 0.25) is 0 Å². The number of hydrogen-bond acceptors (Lipinski definition) is 4. The smallest absolute Gasteiger partial charge is 0.252 e. The molecule has 6 nitrogen and oxygen atoms in total. The summed E-state index contributed by atoms with van der Waals surface area (Å²) in [5.74, 6) is -0.288. The zero-order valence-electron chi connectivity index (χ0n) is 13.0. The summed E-state index contributed by atoms with van der Waals surface area (Å²) < 4.78 is 27.0. The summed E-state index contributed by atoms with van der Waals surface area (Å²) in [4.78, 5) is 15.9. The number of sulfonamides is 1. The average molecular weight is 333 g/mol. The highest BCUT2D eigenvalue weighted by molar-refractivity contribution is 7.89. The van der Waals surface area contributed by atoms with Gasteiger partial charge >= 0.3 is 0 Å². The van der Waals surface area contributed by atoms with Gasteiger partial charge in [0.2, 0.25) is 10.0 Å². The van der Waals surface area contributed by atoms with Crippen LogP contribution in [0.15, 0.2) is 47.6 Å². The van der Waals surface area contributed by atoms with Crippen LogP contribution in [0.4, 0.5) is 0 Å². The topological polar surface area (TPSA) is 88.2 Å². The van der Waals surface area contributed by atoms with Gasteiger partial charge in [0.1, 0.15) is 0 Å². The Morgan fingerprint density at radius 2 is 1.96 bits per heavy atom. The standard InChI is InChI=1S/C16H19N3O3S/c1-12-5-6-15(13(2)10-12)23(21,22)19-9-8-18-16(20)14-4-3-7-17-11-14/h3-7,10-11,19H,8-9H2,1-2H3,(H,18,20). The molecule has 1 amide bonds. The van der Waals surface area contributed by atoms with Crippen LogP contribution in [-0.4, -0.2) is 32.4 Å². The summed E-state index contributed by atoms with van der Waals surface area (Å²) in [5, 5.41) is 2.64. The van der Waals surface area contributed by atoms with E-state index in [9.17, 15) is 13.2 Å². The van der Waals surface area contributed by atoms with Crippen molar-refractivity contribution in [2.75, 3.05) is 13.1 Å². The molecule has 2 N–H and O–H groups in total. The minimum Gasteiger partial charge on any atom is -0.351 e. The fourth-order valence-electron chi connectivity index (χ4n) is 2.14. The van der Waals surface area contributed by atoms with E-state index in [1.54, 1.807) is 37.4 Å². The lowest BCUT2D eigenvalue weighted by Crippen LogP contribution is -2.35. The Hall–Kier alpha value is -2.25. The number of aryl methyl sites for hydroxylation is 2. The van der Waals surface area contributed by atoms with Crippen molar-refractivity contribution in [1.29, 1.82) is 0 Å². The third-order valence-corrected chi connectivity index (χ3v) is 4.87. The van der Waals surface area contributed by atoms with E-state index in [4.69, 9.17) is 0 Å². The first-order chi connectivity index (χ1) is 10.9. The predicted molar refractivity (Wildman–Crippen MR) is 87.7 cm³/mol. The largest absolute Gasteiger partial charge is 0.351 e. The van der Waals surface area contributed by atoms with E-state index >= 15 is 0 Å². The maximum atomic E-state index is 12.2. The molecule has 2 rings (SSSR count). The number of aromatic nitrogens is 1. The molecule has 0 aliphatic carbocycles. The van der Waals surface area contributed by atoms with Crippen molar-refractivity contribution < 1.29 is 13.2 Å². The number of rotatable bonds is 6. The second kappa shape index (κ2) is 7.34. The highest BCUT2D eigenvalue weighted by Crippen LogP contribution is 2.15. The minimum atomic E-state index is -3.58. The van der Waals surface area contributed by atoms with Gasteiger partial charge in [-0.3, -0.25) is 9.78 Å². The Kier molecular flexibility index (Phi) is 5.46. The van der Waals surface area contributed by atoms with Crippen LogP contribution in [0.3, 0.4) is 0 Å². The van der Waals surface area contributed by atoms with Crippen LogP contribution in [-0.2, 0) is 10.0 Å². The van der Waals surface area contributed by atoms with Gasteiger partial charge in [0.25, 0.3) is 5.91 Å². The monoisotopic (exact) mass is 333 g/mol. The van der Waals surface area contributed by atoms with E-state index in [1.165, 1.54) is 6.20 Å². The number of pyridine rings is 1. The molecule has 0 radical (unpaired) electrons. The lowest BCUT2D eigenvalue weighted by molar-refractivity contribution is 0.0954. The Labute approximate surface area is 136 Å². The van der Waals surface area contributed by atoms with Crippen LogP contribution < -0.4 is 10.0 Å². The summed E-state index contributed by atoms with van der Waals surface area (Å²) in [6, 6.07) is 8.46. The first-order valence-electron chi connectivity index (χ1n) is 7.15. The van der Waals surface area contributed by atoms with E-state index in [1.807, 2.05) is 13.0 Å². The molecule has 7 heteroatoms. The summed E-state index contributed by atoms with van der Waals surface area (Å²) in [6.45, 7) is 3.97. The summed E-state index contributed by atoms with van der Waals surface area (Å²) >= 11 is 0. The van der Waals surface area contributed by atoms with Gasteiger partial charge in [-0.2, -0.15) is 0 Å². The van der Waals surface area contributed by atoms with Gasteiger partial charge in [-0.15, -0.1) is 0 Å². The number of nitrogens with zero attached hydrogens (tertiary/aromatic N) is 1. The number of benzene rings is 1. The highest BCUT2D eigenvalue weighted by atomic mass is 32.2. The van der Waals surface area contributed by atoms with Crippen molar-refractivity contribution in [2.45, 2.75) is 18.7 Å². The molecule has 0 aliphatic heterocycles. The molecular formula is C16H19N3O3S. The Bertz CT molecular complexity index is 789. The molecule has 0 atom stereocenters. The normalized spacial score (nSPS) is 11.2. The van der Waals surface area contributed by atoms with Gasteiger partial charge < -0.3 is 5.32 Å². The zero-order chi connectivity index (χ0) is 16.9. The van der Waals surface area contributed by atoms with Crippen molar-refractivity contribution >= 4 is 15.9 Å². The maximum absolute atomic E-state index is 12.2. The molecule has 0 fully saturated rings. The van der Waals surface area contributed by atoms with E-state index in [-0.39, 0.29) is 23.9 Å². The molecule has 0 unspecified atom stereocenters. The summed E-state index contributed by atoms with van der Waals surface area (Å²) in [5.41, 5.74) is 2.13. The van der Waals surface area contributed by atoms with Gasteiger partial charge in [-0.25, -0.2) is 13.1 Å². The number of carbonyl (C=O) groups is 1. The molecule has 23 heavy (non-hydrogen) atoms. The van der Waals surface area contributed by atoms with Crippen molar-refractivity contribution in [2.24, 2.45) is 0 Å². The Morgan fingerprint density at radius 1 is 1.17 bits per heavy atom. The highest BCUT2D eigenvalue weighted by Gasteiger charge is 2.16. The van der Waals surface area contributed by atoms with Gasteiger partial charge in [-0.05, 0) is 37.6 Å². The second-order valence-electron chi connectivity index (χ2n) is 5.16. The minimum absolute atomic E-state index is 0.113. The fraction of sp³-hybridized carbons (Fsp3) is 0.250. The maximum Gasteiger partial charge on any atom is 0.252 e. The summed E-state index contributed by atoms with van der Waals surface area (Å²) in [7, 11) is -3.58. The van der Waals surface area contributed by atoms with Crippen molar-refractivity contribution in [3.8, 4) is 0 Å². The fourth-order valence-corrected chi connectivity index (χ4v) is 3.40. The molecular weight excluding hydrogens is 314 g/mol. The van der Waals surface area contributed by atoms with Crippen molar-refractivity contribution in [3.05, 3.63) is 59.4 Å². The van der Waals surface area contributed by atoms with Crippen molar-refractivity contribution in [1.82, 2.24) is 15.0 Å². The predicted octanol–water partition coefficient (Wildman–Crippen LogP) is 1.41. The van der Waals surface area contributed by atoms with Gasteiger partial charge in [0, 0.05) is 25.5 Å². The van der Waals surface area contributed by atoms with Crippen molar-refractivity contribution in [3.63, 3.8) is 0 Å². The van der Waals surface area contributed by atoms with Crippen LogP contribution >= 0.6 is 0 Å². The Morgan fingerprint density at radius 3 is 2.61 bits per heavy atom. The molecule has 1 aromatic heterocycles. The third kappa shape index (κ3) is 4.61. The average Bonchev–Trinajstić information content (AvgIpc) is 2.52. The molecule has 0 saturated heterocycles. The van der Waals surface area contributed by atoms with Gasteiger partial charge in [0.15, 0.2) is 0 Å². The first kappa shape index (κ1) is 17.1. The van der Waals surface area contributed by atoms with Crippen LogP contribution in [0.1, 0.15) is 21.5 Å². The molecule has 0 spiro atoms. The molecule has 0 aliphatic rings. The SMILES string of the molecule is Cc1ccc(S(=O)(=O)NCCNC(=O)c2cccnc2)c(C)c1. The summed E-state index contributed by atoms with van der Waals surface area (Å²) in [6.07, 6.45) is 3.03. The van der Waals surface area contributed by atoms with E-state index in [2.05, 4.69) is 15.0 Å². The van der Waals surface area contributed by atoms with Gasteiger partial charge in [-0.1, -0.05) is 17.7 Å². The van der Waals surface area contributed by atoms with Gasteiger partial charge in [0.05, 0.1) is 10.5 Å². The number of carbonyl (C=O) groups excluding carboxylic acids is 1. The number of amides is 1. The molecule has 2 aromatic rings. The molecule has 0 saturated carbocycles. The van der Waals surface area contributed by atoms with E-state index in [0.29, 0.717) is 11.1 Å². The zero-order valence-corrected chi connectivity index (χ0v) is 13.9. The van der Waals surface area contributed by atoms with Crippen LogP contribution in [0.25, 0.3) is 0 Å². The third-order valence-electron chi connectivity index (χ3n) is 3.25. The lowest BCUT2D eigenvalue weighted by Gasteiger charge is -2.10. The molecule has 0 bridgehead atoms. The number of nitrogens with one attached hydrogen (secondary N) is 2. The van der Waals surface area contributed by atoms with E-state index < -0.39 is 10.0 Å². The molecule has 122 valence electrons. The molecule has 1 aromatic carbocycles. The van der Waals surface area contributed by atoms with Crippen LogP contribution in [0.5, 0.6) is 0 Å². The number of hydrogen-bond donors (Lipinski definition) is 2. The molecule has 1 heterocycles. The first-order valence-corrected chi connectivity index (χ1v) is 8.63. The lowest BCUT2D eigenvalue weighted by atomic mass is 10.2. The van der Waals surface area contributed by atoms with E-state index in [0.717, 1.165) is 5.56 Å². The Balaban J connectivity index is 1.89.